The van der Waals surface area contributed by atoms with Crippen LogP contribution in [0.15, 0.2) is 158 Å². The highest BCUT2D eigenvalue weighted by molar-refractivity contribution is 5.94. The smallest absolute Gasteiger partial charge is 0.0537 e. The Bertz CT molecular complexity index is 2610. The van der Waals surface area contributed by atoms with E-state index in [0.717, 1.165) is 25.7 Å². The summed E-state index contributed by atoms with van der Waals surface area (Å²) in [6.45, 7) is 0. The van der Waals surface area contributed by atoms with Crippen molar-refractivity contribution < 1.29 is 0 Å². The van der Waals surface area contributed by atoms with Crippen LogP contribution in [0.2, 0.25) is 0 Å². The Kier molecular flexibility index (Phi) is 6.80. The molecular formula is C48H36N2. The molecule has 0 aliphatic heterocycles. The molecule has 2 aromatic heterocycles. The lowest BCUT2D eigenvalue weighted by atomic mass is 9.93. The third kappa shape index (κ3) is 4.71. The molecule has 0 radical (unpaired) electrons. The van der Waals surface area contributed by atoms with Gasteiger partial charge in [0.2, 0.25) is 0 Å². The predicted octanol–water partition coefficient (Wildman–Crippen LogP) is 12.5. The fourth-order valence-corrected chi connectivity index (χ4v) is 8.30. The van der Waals surface area contributed by atoms with Gasteiger partial charge in [-0.3, -0.25) is 0 Å². The van der Waals surface area contributed by atoms with E-state index in [1.165, 1.54) is 89.1 Å². The summed E-state index contributed by atoms with van der Waals surface area (Å²) in [6, 6.07) is 53.7. The van der Waals surface area contributed by atoms with Crippen molar-refractivity contribution in [3.8, 4) is 44.8 Å². The maximum Gasteiger partial charge on any atom is 0.0537 e. The summed E-state index contributed by atoms with van der Waals surface area (Å²) in [6.07, 6.45) is 13.6. The van der Waals surface area contributed by atoms with E-state index >= 15 is 0 Å². The summed E-state index contributed by atoms with van der Waals surface area (Å²) in [7, 11) is 0. The van der Waals surface area contributed by atoms with Crippen LogP contribution in [0.5, 0.6) is 0 Å². The molecule has 6 aromatic carbocycles. The molecule has 8 aromatic rings. The molecule has 0 amide bonds. The summed E-state index contributed by atoms with van der Waals surface area (Å²) < 4.78 is 4.89. The van der Waals surface area contributed by atoms with Crippen molar-refractivity contribution in [2.24, 2.45) is 0 Å². The molecule has 50 heavy (non-hydrogen) atoms. The first-order chi connectivity index (χ1) is 24.8. The van der Waals surface area contributed by atoms with Gasteiger partial charge in [-0.05, 0) is 125 Å². The number of para-hydroxylation sites is 2. The van der Waals surface area contributed by atoms with Crippen molar-refractivity contribution in [2.75, 3.05) is 0 Å². The molecule has 0 unspecified atom stereocenters. The molecule has 0 saturated heterocycles. The highest BCUT2D eigenvalue weighted by atomic mass is 15.0. The first kappa shape index (κ1) is 28.9. The van der Waals surface area contributed by atoms with Crippen molar-refractivity contribution in [3.05, 3.63) is 180 Å². The molecule has 0 atom stereocenters. The molecule has 0 spiro atoms. The van der Waals surface area contributed by atoms with Gasteiger partial charge in [-0.25, -0.2) is 0 Å². The number of allylic oxidation sites excluding steroid dienone is 2. The largest absolute Gasteiger partial charge is 0.313 e. The van der Waals surface area contributed by atoms with Gasteiger partial charge in [0.25, 0.3) is 0 Å². The predicted molar refractivity (Wildman–Crippen MR) is 211 cm³/mol. The molecule has 10 rings (SSSR count). The van der Waals surface area contributed by atoms with E-state index in [-0.39, 0.29) is 0 Å². The molecule has 2 heteroatoms. The Labute approximate surface area is 292 Å². The first-order valence-electron chi connectivity index (χ1n) is 17.8. The minimum absolute atomic E-state index is 1.06. The van der Waals surface area contributed by atoms with E-state index in [0.29, 0.717) is 0 Å². The van der Waals surface area contributed by atoms with E-state index in [4.69, 9.17) is 0 Å². The van der Waals surface area contributed by atoms with Gasteiger partial charge in [0.1, 0.15) is 0 Å². The fraction of sp³-hybridized carbons (Fsp3) is 0.0833. The number of hydrogen-bond acceptors (Lipinski definition) is 0. The number of fused-ring (bicyclic) bond motifs is 6. The number of nitrogens with zero attached hydrogens (tertiary/aromatic N) is 2. The standard InChI is InChI=1S/C48H36N2/c1-2-12-33(13-3-1)36-30-37(34-22-26-39(27-23-34)49-45-18-8-4-14-41(45)42-15-5-9-19-46(42)49)32-38(31-36)35-24-28-40(29-25-35)50-47-20-10-6-16-43(47)44-17-7-11-21-48(44)50/h1-6,8,10-16,18,20-32H,7,9,17,19H2. The molecule has 2 nitrogen and oxygen atoms in total. The van der Waals surface area contributed by atoms with Crippen molar-refractivity contribution in [1.82, 2.24) is 9.13 Å². The van der Waals surface area contributed by atoms with Gasteiger partial charge in [-0.1, -0.05) is 109 Å². The molecule has 0 N–H and O–H groups in total. The van der Waals surface area contributed by atoms with Crippen LogP contribution >= 0.6 is 0 Å². The number of aromatic nitrogens is 2. The van der Waals surface area contributed by atoms with E-state index in [1.807, 2.05) is 0 Å². The Morgan fingerprint density at radius 2 is 0.920 bits per heavy atom. The second-order valence-electron chi connectivity index (χ2n) is 13.6. The highest BCUT2D eigenvalue weighted by Crippen LogP contribution is 2.38. The first-order valence-corrected chi connectivity index (χ1v) is 17.8. The Balaban J connectivity index is 1.06. The van der Waals surface area contributed by atoms with E-state index in [2.05, 4.69) is 179 Å². The van der Waals surface area contributed by atoms with Crippen LogP contribution in [0.25, 0.3) is 78.7 Å². The summed E-state index contributed by atoms with van der Waals surface area (Å²) in [5.41, 5.74) is 17.8. The van der Waals surface area contributed by atoms with E-state index < -0.39 is 0 Å². The monoisotopic (exact) mass is 640 g/mol. The molecule has 0 fully saturated rings. The van der Waals surface area contributed by atoms with Gasteiger partial charge < -0.3 is 9.13 Å². The maximum absolute atomic E-state index is 2.46. The van der Waals surface area contributed by atoms with Crippen LogP contribution in [0.1, 0.15) is 35.4 Å². The second kappa shape index (κ2) is 11.8. The SMILES string of the molecule is C1=Cc2c(c3ccccc3n2-c2ccc(-c3cc(-c4ccccc4)cc(-c4ccc(-n5c6c(c7ccccc75)C=CCC6)cc4)c3)cc2)CC1. The van der Waals surface area contributed by atoms with E-state index in [9.17, 15) is 0 Å². The Morgan fingerprint density at radius 1 is 0.400 bits per heavy atom. The minimum Gasteiger partial charge on any atom is -0.313 e. The summed E-state index contributed by atoms with van der Waals surface area (Å²) in [5, 5.41) is 2.69. The Morgan fingerprint density at radius 3 is 1.60 bits per heavy atom. The second-order valence-corrected chi connectivity index (χ2v) is 13.6. The van der Waals surface area contributed by atoms with Crippen LogP contribution < -0.4 is 0 Å². The molecule has 0 bridgehead atoms. The maximum atomic E-state index is 2.46. The highest BCUT2D eigenvalue weighted by Gasteiger charge is 2.20. The third-order valence-corrected chi connectivity index (χ3v) is 10.7. The van der Waals surface area contributed by atoms with Gasteiger partial charge >= 0.3 is 0 Å². The van der Waals surface area contributed by atoms with E-state index in [1.54, 1.807) is 0 Å². The molecule has 2 heterocycles. The van der Waals surface area contributed by atoms with Crippen LogP contribution in [0, 0.1) is 0 Å². The molecule has 0 saturated carbocycles. The number of hydrogen-bond donors (Lipinski definition) is 0. The molecular weight excluding hydrogens is 605 g/mol. The van der Waals surface area contributed by atoms with Crippen LogP contribution in [0.3, 0.4) is 0 Å². The lowest BCUT2D eigenvalue weighted by molar-refractivity contribution is 0.888. The van der Waals surface area contributed by atoms with Crippen molar-refractivity contribution >= 4 is 34.0 Å². The third-order valence-electron chi connectivity index (χ3n) is 10.7. The van der Waals surface area contributed by atoms with Gasteiger partial charge in [0, 0.05) is 39.1 Å². The Hall–Kier alpha value is -6.12. The lowest BCUT2D eigenvalue weighted by Gasteiger charge is -2.15. The lowest BCUT2D eigenvalue weighted by Crippen LogP contribution is -2.02. The van der Waals surface area contributed by atoms with Crippen LogP contribution in [-0.2, 0) is 12.8 Å². The number of aryl methyl sites for hydroxylation is 1. The zero-order valence-corrected chi connectivity index (χ0v) is 27.9. The van der Waals surface area contributed by atoms with Gasteiger partial charge in [0.15, 0.2) is 0 Å². The average Bonchev–Trinajstić information content (AvgIpc) is 3.71. The minimum atomic E-state index is 1.06. The topological polar surface area (TPSA) is 9.86 Å². The quantitative estimate of drug-likeness (QED) is 0.177. The van der Waals surface area contributed by atoms with Gasteiger partial charge in [0.05, 0.1) is 11.0 Å². The average molecular weight is 641 g/mol. The van der Waals surface area contributed by atoms with Crippen molar-refractivity contribution in [3.63, 3.8) is 0 Å². The number of rotatable bonds is 5. The van der Waals surface area contributed by atoms with Crippen LogP contribution in [0.4, 0.5) is 0 Å². The zero-order valence-electron chi connectivity index (χ0n) is 27.9. The molecule has 2 aliphatic rings. The molecule has 2 aliphatic carbocycles. The van der Waals surface area contributed by atoms with Gasteiger partial charge in [-0.15, -0.1) is 0 Å². The zero-order chi connectivity index (χ0) is 33.0. The van der Waals surface area contributed by atoms with Crippen molar-refractivity contribution in [2.45, 2.75) is 25.7 Å². The normalized spacial score (nSPS) is 13.5. The molecule has 238 valence electrons. The summed E-state index contributed by atoms with van der Waals surface area (Å²) in [5.74, 6) is 0. The van der Waals surface area contributed by atoms with Gasteiger partial charge in [-0.2, -0.15) is 0 Å². The summed E-state index contributed by atoms with van der Waals surface area (Å²) in [4.78, 5) is 0. The summed E-state index contributed by atoms with van der Waals surface area (Å²) >= 11 is 0. The fourth-order valence-electron chi connectivity index (χ4n) is 8.30. The number of benzene rings is 6. The van der Waals surface area contributed by atoms with Crippen LogP contribution in [-0.4, -0.2) is 9.13 Å². The van der Waals surface area contributed by atoms with Crippen molar-refractivity contribution in [1.29, 1.82) is 0 Å².